The minimum Gasteiger partial charge on any atom is -0.462 e. The maximum absolute atomic E-state index is 13.1. The highest BCUT2D eigenvalue weighted by Gasteiger charge is 2.30. The summed E-state index contributed by atoms with van der Waals surface area (Å²) in [6.07, 6.45) is 62.6. The Morgan fingerprint density at radius 2 is 0.460 bits per heavy atom. The minimum absolute atomic E-state index is 0.105. The fourth-order valence-electron chi connectivity index (χ4n) is 12.5. The lowest BCUT2D eigenvalue weighted by atomic mass is 10.0. The van der Waals surface area contributed by atoms with Crippen molar-refractivity contribution >= 4 is 39.5 Å². The van der Waals surface area contributed by atoms with Gasteiger partial charge in [0.25, 0.3) is 0 Å². The van der Waals surface area contributed by atoms with Gasteiger partial charge in [-0.3, -0.25) is 37.3 Å². The number of carbonyl (C=O) groups excluding carboxylic acids is 4. The first-order valence-electron chi connectivity index (χ1n) is 42.0. The van der Waals surface area contributed by atoms with Crippen LogP contribution in [-0.4, -0.2) is 96.7 Å². The monoisotopic (exact) mass is 1470 g/mol. The number of phosphoric ester groups is 2. The summed E-state index contributed by atoms with van der Waals surface area (Å²) < 4.78 is 68.6. The van der Waals surface area contributed by atoms with E-state index in [1.807, 2.05) is 0 Å². The zero-order chi connectivity index (χ0) is 73.5. The number of hydrogen-bond acceptors (Lipinski definition) is 15. The maximum Gasteiger partial charge on any atom is 0.472 e. The van der Waals surface area contributed by atoms with E-state index in [4.69, 9.17) is 37.0 Å². The van der Waals surface area contributed by atoms with Gasteiger partial charge in [-0.1, -0.05) is 375 Å². The summed E-state index contributed by atoms with van der Waals surface area (Å²) in [6, 6.07) is 0. The number of unbranched alkanes of at least 4 members (excludes halogenated alkanes) is 50. The van der Waals surface area contributed by atoms with E-state index < -0.39 is 97.5 Å². The molecule has 2 unspecified atom stereocenters. The summed E-state index contributed by atoms with van der Waals surface area (Å²) in [7, 11) is -9.92. The van der Waals surface area contributed by atoms with Crippen LogP contribution < -0.4 is 0 Å². The molecule has 0 aliphatic heterocycles. The van der Waals surface area contributed by atoms with Gasteiger partial charge in [-0.25, -0.2) is 9.13 Å². The lowest BCUT2D eigenvalue weighted by molar-refractivity contribution is -0.161. The van der Waals surface area contributed by atoms with E-state index in [0.717, 1.165) is 102 Å². The predicted molar refractivity (Wildman–Crippen MR) is 409 cm³/mol. The van der Waals surface area contributed by atoms with Crippen LogP contribution in [0, 0.1) is 11.8 Å². The molecule has 5 atom stereocenters. The molecule has 17 nitrogen and oxygen atoms in total. The van der Waals surface area contributed by atoms with Gasteiger partial charge in [0.05, 0.1) is 26.4 Å². The number of phosphoric acid groups is 2. The molecule has 0 saturated carbocycles. The molecule has 0 spiro atoms. The first-order valence-corrected chi connectivity index (χ1v) is 45.0. The van der Waals surface area contributed by atoms with E-state index in [1.54, 1.807) is 0 Å². The second-order valence-corrected chi connectivity index (χ2v) is 33.0. The maximum atomic E-state index is 13.1. The molecule has 100 heavy (non-hydrogen) atoms. The minimum atomic E-state index is -4.96. The molecule has 0 heterocycles. The molecule has 0 saturated heterocycles. The normalized spacial score (nSPS) is 13.9. The van der Waals surface area contributed by atoms with Crippen molar-refractivity contribution in [3.8, 4) is 0 Å². The van der Waals surface area contributed by atoms with Crippen molar-refractivity contribution < 1.29 is 80.2 Å². The molecule has 3 N–H and O–H groups in total. The van der Waals surface area contributed by atoms with Crippen molar-refractivity contribution in [3.05, 3.63) is 0 Å². The van der Waals surface area contributed by atoms with Crippen LogP contribution in [-0.2, 0) is 65.4 Å². The van der Waals surface area contributed by atoms with Gasteiger partial charge in [-0.15, -0.1) is 0 Å². The SMILES string of the molecule is CCCCCCCCCCCCCCCCCCCCCCCC(=O)O[C@H](COC(=O)CCCCCCCCCCCCCCCCCC(C)C)COP(=O)(O)OC[C@@H](O)COP(=O)(O)OC[C@@H](COC(=O)CCCCCCCCCCCC)OC(=O)CCCCCCCCCCC(C)C. The molecule has 0 aromatic rings. The summed E-state index contributed by atoms with van der Waals surface area (Å²) in [5, 5.41) is 10.6. The van der Waals surface area contributed by atoms with Crippen LogP contribution in [0.15, 0.2) is 0 Å². The molecule has 19 heteroatoms. The van der Waals surface area contributed by atoms with E-state index in [0.29, 0.717) is 25.7 Å². The van der Waals surface area contributed by atoms with E-state index in [-0.39, 0.29) is 25.7 Å². The zero-order valence-electron chi connectivity index (χ0n) is 65.5. The van der Waals surface area contributed by atoms with Gasteiger partial charge in [0.2, 0.25) is 0 Å². The predicted octanol–water partition coefficient (Wildman–Crippen LogP) is 24.3. The Hall–Kier alpha value is -1.94. The van der Waals surface area contributed by atoms with Crippen LogP contribution in [0.25, 0.3) is 0 Å². The summed E-state index contributed by atoms with van der Waals surface area (Å²) in [5.41, 5.74) is 0. The summed E-state index contributed by atoms with van der Waals surface area (Å²) >= 11 is 0. The third kappa shape index (κ3) is 74.3. The van der Waals surface area contributed by atoms with Gasteiger partial charge in [0.1, 0.15) is 19.3 Å². The van der Waals surface area contributed by atoms with Crippen LogP contribution in [0.5, 0.6) is 0 Å². The van der Waals surface area contributed by atoms with E-state index in [9.17, 15) is 43.2 Å². The molecular formula is C81H158O17P2. The fourth-order valence-corrected chi connectivity index (χ4v) is 14.1. The smallest absolute Gasteiger partial charge is 0.462 e. The van der Waals surface area contributed by atoms with Crippen LogP contribution in [0.4, 0.5) is 0 Å². The van der Waals surface area contributed by atoms with Crippen LogP contribution in [0.3, 0.4) is 0 Å². The molecule has 0 aliphatic carbocycles. The zero-order valence-corrected chi connectivity index (χ0v) is 67.3. The Kier molecular flexibility index (Phi) is 71.2. The molecule has 0 rings (SSSR count). The molecule has 0 fully saturated rings. The van der Waals surface area contributed by atoms with E-state index >= 15 is 0 Å². The van der Waals surface area contributed by atoms with Gasteiger partial charge in [0, 0.05) is 25.7 Å². The van der Waals surface area contributed by atoms with Gasteiger partial charge in [-0.05, 0) is 37.5 Å². The average Bonchev–Trinajstić information content (AvgIpc) is 0.932. The molecular weight excluding hydrogens is 1310 g/mol. The Morgan fingerprint density at radius 1 is 0.270 bits per heavy atom. The van der Waals surface area contributed by atoms with Gasteiger partial charge in [-0.2, -0.15) is 0 Å². The molecule has 0 aromatic carbocycles. The number of aliphatic hydroxyl groups is 1. The van der Waals surface area contributed by atoms with E-state index in [2.05, 4.69) is 41.5 Å². The second kappa shape index (κ2) is 72.6. The standard InChI is InChI=1S/C81H158O17P2/c1-7-9-11-13-15-17-19-20-21-22-23-24-25-26-29-33-36-40-47-53-59-65-80(85)97-76(69-92-79(84)64-58-52-46-39-35-32-30-27-28-31-34-37-43-49-55-61-73(3)4)71-95-99(87,88)93-67-75(82)68-94-100(89,90)96-72-77(70-91-78(83)63-57-51-45-38-18-16-14-12-10-8-2)98-81(86)66-60-54-48-42-41-44-50-56-62-74(5)6/h73-77,82H,7-72H2,1-6H3,(H,87,88)(H,89,90)/t75-,76-,77-/m1/s1. The molecule has 0 amide bonds. The number of rotatable bonds is 80. The summed E-state index contributed by atoms with van der Waals surface area (Å²) in [5.74, 6) is -0.587. The largest absolute Gasteiger partial charge is 0.472 e. The number of hydrogen-bond donors (Lipinski definition) is 3. The third-order valence-electron chi connectivity index (χ3n) is 19.0. The highest BCUT2D eigenvalue weighted by molar-refractivity contribution is 7.47. The Morgan fingerprint density at radius 3 is 0.680 bits per heavy atom. The van der Waals surface area contributed by atoms with Crippen LogP contribution in [0.1, 0.15) is 427 Å². The van der Waals surface area contributed by atoms with Crippen molar-refractivity contribution in [3.63, 3.8) is 0 Å². The first kappa shape index (κ1) is 98.1. The molecule has 0 bridgehead atoms. The fraction of sp³-hybridized carbons (Fsp3) is 0.951. The molecule has 0 radical (unpaired) electrons. The Labute approximate surface area is 613 Å². The lowest BCUT2D eigenvalue weighted by Crippen LogP contribution is -2.30. The Balaban J connectivity index is 5.20. The summed E-state index contributed by atoms with van der Waals surface area (Å²) in [6.45, 7) is 9.61. The van der Waals surface area contributed by atoms with Crippen molar-refractivity contribution in [2.75, 3.05) is 39.6 Å². The Bertz CT molecular complexity index is 1920. The van der Waals surface area contributed by atoms with Crippen LogP contribution >= 0.6 is 15.6 Å². The molecule has 0 aromatic heterocycles. The number of aliphatic hydroxyl groups excluding tert-OH is 1. The van der Waals surface area contributed by atoms with Crippen LogP contribution in [0.2, 0.25) is 0 Å². The second-order valence-electron chi connectivity index (χ2n) is 30.1. The first-order chi connectivity index (χ1) is 48.4. The van der Waals surface area contributed by atoms with Gasteiger partial charge >= 0.3 is 39.5 Å². The number of esters is 4. The lowest BCUT2D eigenvalue weighted by Gasteiger charge is -2.21. The summed E-state index contributed by atoms with van der Waals surface area (Å²) in [4.78, 5) is 72.9. The number of carbonyl (C=O) groups is 4. The van der Waals surface area contributed by atoms with Gasteiger partial charge < -0.3 is 33.8 Å². The molecule has 594 valence electrons. The highest BCUT2D eigenvalue weighted by Crippen LogP contribution is 2.45. The van der Waals surface area contributed by atoms with Crippen molar-refractivity contribution in [1.29, 1.82) is 0 Å². The molecule has 0 aliphatic rings. The number of ether oxygens (including phenoxy) is 4. The van der Waals surface area contributed by atoms with E-state index in [1.165, 1.54) is 244 Å². The van der Waals surface area contributed by atoms with Crippen molar-refractivity contribution in [1.82, 2.24) is 0 Å². The quantitative estimate of drug-likeness (QED) is 0.0222. The average molecular weight is 1470 g/mol. The van der Waals surface area contributed by atoms with Crippen molar-refractivity contribution in [2.24, 2.45) is 11.8 Å². The van der Waals surface area contributed by atoms with Gasteiger partial charge in [0.15, 0.2) is 12.2 Å². The highest BCUT2D eigenvalue weighted by atomic mass is 31.2. The third-order valence-corrected chi connectivity index (χ3v) is 20.9. The van der Waals surface area contributed by atoms with Crippen molar-refractivity contribution in [2.45, 2.75) is 445 Å². The topological polar surface area (TPSA) is 237 Å².